The highest BCUT2D eigenvalue weighted by atomic mass is 35.5. The van der Waals surface area contributed by atoms with Crippen molar-refractivity contribution in [1.82, 2.24) is 4.90 Å². The third-order valence-corrected chi connectivity index (χ3v) is 3.59. The van der Waals surface area contributed by atoms with Crippen LogP contribution in [0.4, 0.5) is 0 Å². The number of rotatable bonds is 8. The van der Waals surface area contributed by atoms with E-state index >= 15 is 0 Å². The van der Waals surface area contributed by atoms with Gasteiger partial charge in [0.05, 0.1) is 10.6 Å². The predicted octanol–water partition coefficient (Wildman–Crippen LogP) is 5.19. The van der Waals surface area contributed by atoms with Crippen LogP contribution in [-0.2, 0) is 4.74 Å². The van der Waals surface area contributed by atoms with Gasteiger partial charge in [-0.3, -0.25) is 4.90 Å². The second kappa shape index (κ2) is 11.1. The molecule has 1 aromatic rings. The van der Waals surface area contributed by atoms with Crippen molar-refractivity contribution in [3.8, 4) is 0 Å². The minimum absolute atomic E-state index is 0. The van der Waals surface area contributed by atoms with Crippen molar-refractivity contribution in [2.24, 2.45) is 11.8 Å². The van der Waals surface area contributed by atoms with E-state index in [4.69, 9.17) is 27.9 Å². The van der Waals surface area contributed by atoms with Gasteiger partial charge in [0.2, 0.25) is 0 Å². The smallest absolute Gasteiger partial charge is 0.339 e. The van der Waals surface area contributed by atoms with Gasteiger partial charge in [-0.2, -0.15) is 0 Å². The lowest BCUT2D eigenvalue weighted by atomic mass is 10.1. The second-order valence-electron chi connectivity index (χ2n) is 6.31. The molecule has 0 spiro atoms. The third-order valence-electron chi connectivity index (χ3n) is 3.04. The quantitative estimate of drug-likeness (QED) is 0.580. The molecular weight excluding hydrogens is 357 g/mol. The van der Waals surface area contributed by atoms with Crippen LogP contribution in [0.5, 0.6) is 0 Å². The largest absolute Gasteiger partial charge is 0.461 e. The minimum atomic E-state index is -0.407. The number of ether oxygens (including phenoxy) is 1. The van der Waals surface area contributed by atoms with Gasteiger partial charge in [-0.1, -0.05) is 50.9 Å². The van der Waals surface area contributed by atoms with Crippen molar-refractivity contribution < 1.29 is 9.53 Å². The van der Waals surface area contributed by atoms with Crippen LogP contribution in [0.1, 0.15) is 38.1 Å². The van der Waals surface area contributed by atoms with E-state index in [0.29, 0.717) is 34.1 Å². The standard InChI is InChI=1S/C17H25Cl2NO2.ClH/c1-12(2)10-20(11-13(3)4)7-8-22-17(21)15-6-5-14(18)9-16(15)19;/h5-6,9,12-13H,7-8,10-11H2,1-4H3;1H. The van der Waals surface area contributed by atoms with Gasteiger partial charge >= 0.3 is 5.97 Å². The molecule has 3 nitrogen and oxygen atoms in total. The van der Waals surface area contributed by atoms with Crippen LogP contribution in [0.3, 0.4) is 0 Å². The summed E-state index contributed by atoms with van der Waals surface area (Å²) >= 11 is 11.8. The van der Waals surface area contributed by atoms with Gasteiger partial charge in [0, 0.05) is 24.7 Å². The molecule has 132 valence electrons. The zero-order chi connectivity index (χ0) is 16.7. The number of nitrogens with zero attached hydrogens (tertiary/aromatic N) is 1. The van der Waals surface area contributed by atoms with Crippen molar-refractivity contribution in [2.75, 3.05) is 26.2 Å². The Morgan fingerprint density at radius 1 is 1.13 bits per heavy atom. The van der Waals surface area contributed by atoms with E-state index in [1.165, 1.54) is 0 Å². The molecule has 0 atom stereocenters. The van der Waals surface area contributed by atoms with E-state index in [-0.39, 0.29) is 12.4 Å². The summed E-state index contributed by atoms with van der Waals surface area (Å²) in [5.41, 5.74) is 0.352. The Morgan fingerprint density at radius 2 is 1.70 bits per heavy atom. The molecule has 0 amide bonds. The highest BCUT2D eigenvalue weighted by Gasteiger charge is 2.14. The van der Waals surface area contributed by atoms with Crippen LogP contribution in [0.15, 0.2) is 18.2 Å². The highest BCUT2D eigenvalue weighted by Crippen LogP contribution is 2.21. The van der Waals surface area contributed by atoms with Gasteiger partial charge in [-0.15, -0.1) is 12.4 Å². The Labute approximate surface area is 155 Å². The number of carbonyl (C=O) groups is 1. The summed E-state index contributed by atoms with van der Waals surface area (Å²) in [4.78, 5) is 14.4. The Balaban J connectivity index is 0.00000484. The number of carbonyl (C=O) groups excluding carboxylic acids is 1. The van der Waals surface area contributed by atoms with Crippen LogP contribution >= 0.6 is 35.6 Å². The van der Waals surface area contributed by atoms with Gasteiger partial charge < -0.3 is 4.74 Å². The summed E-state index contributed by atoms with van der Waals surface area (Å²) in [5.74, 6) is 0.760. The molecule has 0 saturated heterocycles. The molecule has 23 heavy (non-hydrogen) atoms. The van der Waals surface area contributed by atoms with Crippen LogP contribution < -0.4 is 0 Å². The molecule has 0 saturated carbocycles. The SMILES string of the molecule is CC(C)CN(CCOC(=O)c1ccc(Cl)cc1Cl)CC(C)C.Cl. The first kappa shape index (κ1) is 22.5. The average molecular weight is 383 g/mol. The van der Waals surface area contributed by atoms with Crippen molar-refractivity contribution in [1.29, 1.82) is 0 Å². The fraction of sp³-hybridized carbons (Fsp3) is 0.588. The molecule has 0 aliphatic heterocycles. The van der Waals surface area contributed by atoms with Crippen LogP contribution in [-0.4, -0.2) is 37.1 Å². The van der Waals surface area contributed by atoms with E-state index in [2.05, 4.69) is 32.6 Å². The molecule has 1 rings (SSSR count). The minimum Gasteiger partial charge on any atom is -0.461 e. The maximum atomic E-state index is 12.0. The highest BCUT2D eigenvalue weighted by molar-refractivity contribution is 6.36. The molecule has 0 aromatic heterocycles. The summed E-state index contributed by atoms with van der Waals surface area (Å²) in [6.45, 7) is 11.8. The third kappa shape index (κ3) is 8.80. The van der Waals surface area contributed by atoms with E-state index in [9.17, 15) is 4.79 Å². The molecule has 0 aliphatic carbocycles. The maximum absolute atomic E-state index is 12.0. The Hall–Kier alpha value is -0.480. The van der Waals surface area contributed by atoms with E-state index < -0.39 is 5.97 Å². The Kier molecular flexibility index (Phi) is 10.9. The topological polar surface area (TPSA) is 29.5 Å². The maximum Gasteiger partial charge on any atom is 0.339 e. The lowest BCUT2D eigenvalue weighted by molar-refractivity contribution is 0.0450. The van der Waals surface area contributed by atoms with Crippen molar-refractivity contribution >= 4 is 41.6 Å². The first-order chi connectivity index (χ1) is 10.3. The van der Waals surface area contributed by atoms with Gasteiger partial charge in [0.1, 0.15) is 6.61 Å². The molecule has 1 aromatic carbocycles. The van der Waals surface area contributed by atoms with Crippen molar-refractivity contribution in [3.05, 3.63) is 33.8 Å². The molecular formula is C17H26Cl3NO2. The molecule has 0 N–H and O–H groups in total. The molecule has 0 radical (unpaired) electrons. The number of hydrogen-bond donors (Lipinski definition) is 0. The normalized spacial score (nSPS) is 11.0. The second-order valence-corrected chi connectivity index (χ2v) is 7.15. The molecule has 0 aliphatic rings. The fourth-order valence-corrected chi connectivity index (χ4v) is 2.78. The molecule has 0 fully saturated rings. The number of benzene rings is 1. The van der Waals surface area contributed by atoms with Crippen LogP contribution in [0, 0.1) is 11.8 Å². The molecule has 0 unspecified atom stereocenters. The van der Waals surface area contributed by atoms with Gasteiger partial charge in [-0.25, -0.2) is 4.79 Å². The predicted molar refractivity (Wildman–Crippen MR) is 100 cm³/mol. The van der Waals surface area contributed by atoms with Gasteiger partial charge in [-0.05, 0) is 30.0 Å². The van der Waals surface area contributed by atoms with E-state index in [0.717, 1.165) is 19.6 Å². The molecule has 0 bridgehead atoms. The monoisotopic (exact) mass is 381 g/mol. The van der Waals surface area contributed by atoms with Crippen molar-refractivity contribution in [3.63, 3.8) is 0 Å². The first-order valence-electron chi connectivity index (χ1n) is 7.64. The van der Waals surface area contributed by atoms with Crippen molar-refractivity contribution in [2.45, 2.75) is 27.7 Å². The van der Waals surface area contributed by atoms with Gasteiger partial charge in [0.15, 0.2) is 0 Å². The summed E-state index contributed by atoms with van der Waals surface area (Å²) in [5, 5.41) is 0.820. The first-order valence-corrected chi connectivity index (χ1v) is 8.39. The Bertz CT molecular complexity index is 483. The summed E-state index contributed by atoms with van der Waals surface area (Å²) < 4.78 is 5.33. The number of halogens is 3. The van der Waals surface area contributed by atoms with Crippen LogP contribution in [0.2, 0.25) is 10.0 Å². The lowest BCUT2D eigenvalue weighted by Gasteiger charge is -2.25. The molecule has 6 heteroatoms. The van der Waals surface area contributed by atoms with E-state index in [1.54, 1.807) is 18.2 Å². The Morgan fingerprint density at radius 3 is 2.17 bits per heavy atom. The zero-order valence-electron chi connectivity index (χ0n) is 14.1. The van der Waals surface area contributed by atoms with E-state index in [1.807, 2.05) is 0 Å². The average Bonchev–Trinajstić information content (AvgIpc) is 2.36. The number of esters is 1. The number of hydrogen-bond acceptors (Lipinski definition) is 3. The fourth-order valence-electron chi connectivity index (χ4n) is 2.29. The summed E-state index contributed by atoms with van der Waals surface area (Å²) in [6.07, 6.45) is 0. The zero-order valence-corrected chi connectivity index (χ0v) is 16.5. The van der Waals surface area contributed by atoms with Crippen LogP contribution in [0.25, 0.3) is 0 Å². The lowest BCUT2D eigenvalue weighted by Crippen LogP contribution is -2.34. The summed E-state index contributed by atoms with van der Waals surface area (Å²) in [7, 11) is 0. The van der Waals surface area contributed by atoms with Gasteiger partial charge in [0.25, 0.3) is 0 Å². The molecule has 0 heterocycles. The summed E-state index contributed by atoms with van der Waals surface area (Å²) in [6, 6.07) is 4.77.